The van der Waals surface area contributed by atoms with Gasteiger partial charge in [-0.25, -0.2) is 0 Å². The monoisotopic (exact) mass is 338 g/mol. The van der Waals surface area contributed by atoms with Gasteiger partial charge >= 0.3 is 0 Å². The van der Waals surface area contributed by atoms with Crippen LogP contribution >= 0.6 is 0 Å². The Morgan fingerprint density at radius 1 is 1.28 bits per heavy atom. The number of carbonyl (C=O) groups excluding carboxylic acids is 1. The summed E-state index contributed by atoms with van der Waals surface area (Å²) in [6.45, 7) is 2.89. The first kappa shape index (κ1) is 17.0. The fourth-order valence-electron chi connectivity index (χ4n) is 2.60. The van der Waals surface area contributed by atoms with E-state index in [0.29, 0.717) is 6.54 Å². The molecule has 0 bridgehead atoms. The van der Waals surface area contributed by atoms with Gasteiger partial charge in [0.15, 0.2) is 0 Å². The van der Waals surface area contributed by atoms with E-state index < -0.39 is 0 Å². The van der Waals surface area contributed by atoms with Crippen molar-refractivity contribution >= 4 is 5.91 Å². The molecular weight excluding hydrogens is 316 g/mol. The number of aromatic nitrogens is 3. The van der Waals surface area contributed by atoms with E-state index in [1.807, 2.05) is 56.6 Å². The van der Waals surface area contributed by atoms with Crippen molar-refractivity contribution in [3.05, 3.63) is 60.1 Å². The second-order valence-electron chi connectivity index (χ2n) is 6.18. The minimum atomic E-state index is 0.0469. The summed E-state index contributed by atoms with van der Waals surface area (Å²) < 4.78 is 7.06. The maximum absolute atomic E-state index is 12.2. The van der Waals surface area contributed by atoms with Crippen LogP contribution in [0.1, 0.15) is 17.7 Å². The van der Waals surface area contributed by atoms with E-state index in [4.69, 9.17) is 4.52 Å². The summed E-state index contributed by atoms with van der Waals surface area (Å²) in [5.41, 5.74) is 2.93. The van der Waals surface area contributed by atoms with E-state index >= 15 is 0 Å². The first-order valence-corrected chi connectivity index (χ1v) is 8.36. The second kappa shape index (κ2) is 7.79. The molecule has 0 aliphatic carbocycles. The molecule has 0 saturated carbocycles. The molecule has 130 valence electrons. The molecule has 0 aliphatic heterocycles. The van der Waals surface area contributed by atoms with Gasteiger partial charge in [0.25, 0.3) is 0 Å². The first-order chi connectivity index (χ1) is 12.1. The van der Waals surface area contributed by atoms with Gasteiger partial charge in [0.2, 0.25) is 5.91 Å². The van der Waals surface area contributed by atoms with Crippen LogP contribution in [0, 0.1) is 6.92 Å². The van der Waals surface area contributed by atoms with Crippen molar-refractivity contribution in [2.45, 2.75) is 26.3 Å². The summed E-state index contributed by atoms with van der Waals surface area (Å²) in [5.74, 6) is 0.882. The molecule has 3 aromatic rings. The maximum Gasteiger partial charge on any atom is 0.244 e. The average molecular weight is 338 g/mol. The van der Waals surface area contributed by atoms with Crippen molar-refractivity contribution in [3.8, 4) is 11.3 Å². The van der Waals surface area contributed by atoms with Gasteiger partial charge in [-0.05, 0) is 18.9 Å². The molecule has 0 radical (unpaired) electrons. The van der Waals surface area contributed by atoms with Crippen molar-refractivity contribution in [3.63, 3.8) is 0 Å². The Hall–Kier alpha value is -2.89. The third-order valence-corrected chi connectivity index (χ3v) is 4.03. The van der Waals surface area contributed by atoms with E-state index in [2.05, 4.69) is 10.3 Å². The van der Waals surface area contributed by atoms with Crippen LogP contribution in [0.25, 0.3) is 11.3 Å². The Morgan fingerprint density at radius 2 is 2.08 bits per heavy atom. The Kier molecular flexibility index (Phi) is 5.28. The third kappa shape index (κ3) is 4.56. The molecule has 0 fully saturated rings. The number of carbonyl (C=O) groups is 1. The minimum Gasteiger partial charge on any atom is -0.361 e. The number of benzene rings is 1. The second-order valence-corrected chi connectivity index (χ2v) is 6.18. The number of nitrogens with zero attached hydrogens (tertiary/aromatic N) is 4. The summed E-state index contributed by atoms with van der Waals surface area (Å²) >= 11 is 0. The molecule has 0 unspecified atom stereocenters. The van der Waals surface area contributed by atoms with Crippen LogP contribution < -0.4 is 0 Å². The number of likely N-dealkylation sites (N-methyl/N-ethyl adjacent to an activating group) is 1. The van der Waals surface area contributed by atoms with Gasteiger partial charge in [-0.3, -0.25) is 9.48 Å². The summed E-state index contributed by atoms with van der Waals surface area (Å²) in [6, 6.07) is 11.9. The molecule has 2 heterocycles. The fourth-order valence-corrected chi connectivity index (χ4v) is 2.60. The average Bonchev–Trinajstić information content (AvgIpc) is 3.25. The molecule has 0 atom stereocenters. The summed E-state index contributed by atoms with van der Waals surface area (Å²) in [7, 11) is 1.81. The predicted molar refractivity (Wildman–Crippen MR) is 94.9 cm³/mol. The van der Waals surface area contributed by atoms with Gasteiger partial charge in [-0.1, -0.05) is 35.5 Å². The van der Waals surface area contributed by atoms with Gasteiger partial charge in [-0.15, -0.1) is 0 Å². The molecule has 0 spiro atoms. The normalized spacial score (nSPS) is 10.8. The maximum atomic E-state index is 12.2. The van der Waals surface area contributed by atoms with Crippen molar-refractivity contribution in [2.24, 2.45) is 0 Å². The van der Waals surface area contributed by atoms with Crippen LogP contribution in [-0.4, -0.2) is 39.3 Å². The Morgan fingerprint density at radius 3 is 2.80 bits per heavy atom. The molecule has 2 aromatic heterocycles. The lowest BCUT2D eigenvalue weighted by molar-refractivity contribution is -0.130. The molecule has 0 saturated heterocycles. The largest absolute Gasteiger partial charge is 0.361 e. The highest BCUT2D eigenvalue weighted by Gasteiger charge is 2.11. The predicted octanol–water partition coefficient (Wildman–Crippen LogP) is 2.94. The molecule has 1 amide bonds. The number of rotatable bonds is 7. The van der Waals surface area contributed by atoms with Crippen molar-refractivity contribution < 1.29 is 9.32 Å². The SMILES string of the molecule is Cc1cnn(CC(=O)N(C)CCCc2cc(-c3ccccc3)no2)c1. The van der Waals surface area contributed by atoms with Crippen LogP contribution in [0.5, 0.6) is 0 Å². The van der Waals surface area contributed by atoms with Crippen LogP contribution in [0.2, 0.25) is 0 Å². The van der Waals surface area contributed by atoms with Gasteiger partial charge < -0.3 is 9.42 Å². The minimum absolute atomic E-state index is 0.0469. The molecule has 0 aliphatic rings. The van der Waals surface area contributed by atoms with E-state index in [1.165, 1.54) is 0 Å². The zero-order chi connectivity index (χ0) is 17.6. The van der Waals surface area contributed by atoms with Crippen LogP contribution in [0.4, 0.5) is 0 Å². The molecule has 6 heteroatoms. The van der Waals surface area contributed by atoms with Crippen molar-refractivity contribution in [1.29, 1.82) is 0 Å². The smallest absolute Gasteiger partial charge is 0.244 e. The summed E-state index contributed by atoms with van der Waals surface area (Å²) in [6.07, 6.45) is 5.19. The Labute approximate surface area is 147 Å². The summed E-state index contributed by atoms with van der Waals surface area (Å²) in [5, 5.41) is 8.25. The van der Waals surface area contributed by atoms with E-state index in [-0.39, 0.29) is 12.5 Å². The third-order valence-electron chi connectivity index (χ3n) is 4.03. The lowest BCUT2D eigenvalue weighted by Crippen LogP contribution is -2.31. The lowest BCUT2D eigenvalue weighted by Gasteiger charge is -2.16. The highest BCUT2D eigenvalue weighted by Crippen LogP contribution is 2.19. The van der Waals surface area contributed by atoms with Gasteiger partial charge in [0.05, 0.1) is 6.20 Å². The van der Waals surface area contributed by atoms with Crippen LogP contribution in [0.15, 0.2) is 53.3 Å². The van der Waals surface area contributed by atoms with E-state index in [0.717, 1.165) is 35.4 Å². The van der Waals surface area contributed by atoms with Gasteiger partial charge in [0.1, 0.15) is 18.0 Å². The van der Waals surface area contributed by atoms with Gasteiger partial charge in [0, 0.05) is 37.8 Å². The zero-order valence-corrected chi connectivity index (χ0v) is 14.6. The zero-order valence-electron chi connectivity index (χ0n) is 14.6. The van der Waals surface area contributed by atoms with Crippen LogP contribution in [-0.2, 0) is 17.8 Å². The molecular formula is C19H22N4O2. The standard InChI is InChI=1S/C19H22N4O2/c1-15-12-20-23(13-15)14-19(24)22(2)10-6-9-17-11-18(21-25-17)16-7-4-3-5-8-16/h3-5,7-8,11-13H,6,9-10,14H2,1-2H3. The topological polar surface area (TPSA) is 64.2 Å². The number of amides is 1. The van der Waals surface area contributed by atoms with Crippen LogP contribution in [0.3, 0.4) is 0 Å². The molecule has 25 heavy (non-hydrogen) atoms. The van der Waals surface area contributed by atoms with Gasteiger partial charge in [-0.2, -0.15) is 5.10 Å². The van der Waals surface area contributed by atoms with Crippen molar-refractivity contribution in [2.75, 3.05) is 13.6 Å². The molecule has 3 rings (SSSR count). The quantitative estimate of drug-likeness (QED) is 0.664. The van der Waals surface area contributed by atoms with E-state index in [1.54, 1.807) is 15.8 Å². The Balaban J connectivity index is 1.46. The molecule has 0 N–H and O–H groups in total. The number of aryl methyl sites for hydroxylation is 2. The van der Waals surface area contributed by atoms with E-state index in [9.17, 15) is 4.79 Å². The lowest BCUT2D eigenvalue weighted by atomic mass is 10.1. The summed E-state index contributed by atoms with van der Waals surface area (Å²) in [4.78, 5) is 13.9. The Bertz CT molecular complexity index is 823. The molecule has 1 aromatic carbocycles. The number of hydrogen-bond acceptors (Lipinski definition) is 4. The highest BCUT2D eigenvalue weighted by molar-refractivity contribution is 5.75. The number of hydrogen-bond donors (Lipinski definition) is 0. The highest BCUT2D eigenvalue weighted by atomic mass is 16.5. The molecule has 6 nitrogen and oxygen atoms in total. The van der Waals surface area contributed by atoms with Crippen molar-refractivity contribution in [1.82, 2.24) is 19.8 Å². The fraction of sp³-hybridized carbons (Fsp3) is 0.316. The first-order valence-electron chi connectivity index (χ1n) is 8.36.